The van der Waals surface area contributed by atoms with Gasteiger partial charge in [0.1, 0.15) is 0 Å². The maximum Gasteiger partial charge on any atom is 0.0701 e. The Hall–Kier alpha value is -0.730. The van der Waals surface area contributed by atoms with Gasteiger partial charge in [-0.1, -0.05) is 36.5 Å². The number of piperidine rings is 1. The number of rotatable bonds is 8. The average molecular weight is 460 g/mol. The molecule has 30 heavy (non-hydrogen) atoms. The van der Waals surface area contributed by atoms with Crippen LogP contribution in [0.1, 0.15) is 19.3 Å². The quantitative estimate of drug-likeness (QED) is 0.430. The Bertz CT molecular complexity index is 658. The molecule has 3 aliphatic heterocycles. The lowest BCUT2D eigenvalue weighted by molar-refractivity contribution is 0.0154. The van der Waals surface area contributed by atoms with Crippen LogP contribution >= 0.6 is 24.8 Å². The summed E-state index contributed by atoms with van der Waals surface area (Å²) in [6.45, 7) is 5.11. The van der Waals surface area contributed by atoms with E-state index in [2.05, 4.69) is 57.9 Å². The van der Waals surface area contributed by atoms with Crippen molar-refractivity contribution >= 4 is 31.0 Å². The van der Waals surface area contributed by atoms with Gasteiger partial charge in [-0.25, -0.2) is 0 Å². The smallest absolute Gasteiger partial charge is 0.0701 e. The number of aliphatic hydroxyl groups excluding tert-OH is 1. The molecular formula is C22H35Cl2N3O3. The lowest BCUT2D eigenvalue weighted by Gasteiger charge is -2.58. The van der Waals surface area contributed by atoms with Crippen LogP contribution in [0.3, 0.4) is 0 Å². The van der Waals surface area contributed by atoms with E-state index in [-0.39, 0.29) is 42.4 Å². The molecule has 4 atom stereocenters. The molecule has 0 amide bonds. The summed E-state index contributed by atoms with van der Waals surface area (Å²) in [4.78, 5) is 7.23. The third kappa shape index (κ3) is 5.01. The number of aliphatic hydroxyl groups is 1. The summed E-state index contributed by atoms with van der Waals surface area (Å²) in [6, 6.07) is 0.869. The van der Waals surface area contributed by atoms with Crippen molar-refractivity contribution in [3.05, 3.63) is 36.5 Å². The van der Waals surface area contributed by atoms with Gasteiger partial charge in [-0.3, -0.25) is 9.89 Å². The molecule has 0 aromatic carbocycles. The maximum absolute atomic E-state index is 8.72. The molecule has 0 bridgehead atoms. The van der Waals surface area contributed by atoms with Gasteiger partial charge in [0.2, 0.25) is 0 Å². The first-order valence-corrected chi connectivity index (χ1v) is 10.6. The van der Waals surface area contributed by atoms with Crippen LogP contribution in [0.5, 0.6) is 0 Å². The molecule has 2 N–H and O–H groups in total. The van der Waals surface area contributed by atoms with Gasteiger partial charge in [0.15, 0.2) is 0 Å². The fourth-order valence-electron chi connectivity index (χ4n) is 5.31. The van der Waals surface area contributed by atoms with Crippen LogP contribution in [0.15, 0.2) is 41.4 Å². The molecule has 1 fully saturated rings. The van der Waals surface area contributed by atoms with Crippen molar-refractivity contribution in [2.45, 2.75) is 36.9 Å². The monoisotopic (exact) mass is 459 g/mol. The summed E-state index contributed by atoms with van der Waals surface area (Å²) in [5.74, 6) is 0. The Labute approximate surface area is 192 Å². The second-order valence-corrected chi connectivity index (χ2v) is 8.16. The van der Waals surface area contributed by atoms with Crippen molar-refractivity contribution in [2.75, 3.05) is 52.7 Å². The summed E-state index contributed by atoms with van der Waals surface area (Å²) in [5.41, 5.74) is -0.0802. The number of nitrogens with zero attached hydrogens (tertiary/aromatic N) is 2. The van der Waals surface area contributed by atoms with Crippen LogP contribution in [0.4, 0.5) is 0 Å². The van der Waals surface area contributed by atoms with E-state index in [1.165, 1.54) is 0 Å². The minimum Gasteiger partial charge on any atom is -0.394 e. The van der Waals surface area contributed by atoms with Crippen molar-refractivity contribution in [3.63, 3.8) is 0 Å². The SMILES string of the molecule is Cl.Cl.OCCOCCOCCC1CCC23C=CC=CC2(C=CCN2CC=NCC23)N1. The lowest BCUT2D eigenvalue weighted by Crippen LogP contribution is -2.69. The van der Waals surface area contributed by atoms with Gasteiger partial charge in [0.05, 0.1) is 38.5 Å². The van der Waals surface area contributed by atoms with Gasteiger partial charge in [0.25, 0.3) is 0 Å². The molecule has 8 heteroatoms. The first-order chi connectivity index (χ1) is 13.8. The predicted octanol–water partition coefficient (Wildman–Crippen LogP) is 2.17. The number of ether oxygens (including phenoxy) is 2. The Morgan fingerprint density at radius 1 is 1.03 bits per heavy atom. The summed E-state index contributed by atoms with van der Waals surface area (Å²) in [7, 11) is 0. The minimum absolute atomic E-state index is 0. The molecule has 3 heterocycles. The number of halogens is 2. The number of hydrogen-bond acceptors (Lipinski definition) is 6. The highest BCUT2D eigenvalue weighted by molar-refractivity contribution is 5.85. The minimum atomic E-state index is -0.138. The van der Waals surface area contributed by atoms with E-state index < -0.39 is 0 Å². The van der Waals surface area contributed by atoms with Crippen LogP contribution in [-0.4, -0.2) is 86.5 Å². The standard InChI is InChI=1S/C22H33N3O3.2ClH/c26-13-15-28-17-16-27-14-5-19-4-9-21-6-1-2-7-22(21,24-19)8-3-11-25-12-10-23-18-20(21)25;;/h1-3,6-8,10,19-20,24,26H,4-5,9,11-18H2;2*1H. The van der Waals surface area contributed by atoms with Gasteiger partial charge in [-0.05, 0) is 19.3 Å². The average Bonchev–Trinajstić information content (AvgIpc) is 2.88. The normalized spacial score (nSPS) is 34.2. The lowest BCUT2D eigenvalue weighted by atomic mass is 9.57. The first kappa shape index (κ1) is 25.5. The number of nitrogens with one attached hydrogen (secondary N) is 1. The van der Waals surface area contributed by atoms with Crippen LogP contribution in [0, 0.1) is 5.41 Å². The Balaban J connectivity index is 0.00000160. The Kier molecular flexibility index (Phi) is 10.0. The van der Waals surface area contributed by atoms with Crippen molar-refractivity contribution in [1.29, 1.82) is 0 Å². The number of aliphatic imine (C=N–C) groups is 1. The highest BCUT2D eigenvalue weighted by atomic mass is 35.5. The second kappa shape index (κ2) is 11.8. The summed E-state index contributed by atoms with van der Waals surface area (Å²) >= 11 is 0. The zero-order valence-electron chi connectivity index (χ0n) is 17.4. The highest BCUT2D eigenvalue weighted by Crippen LogP contribution is 2.51. The Morgan fingerprint density at radius 3 is 2.67 bits per heavy atom. The van der Waals surface area contributed by atoms with Gasteiger partial charge >= 0.3 is 0 Å². The molecule has 0 aromatic heterocycles. The molecular weight excluding hydrogens is 425 g/mol. The van der Waals surface area contributed by atoms with E-state index in [0.717, 1.165) is 45.5 Å². The van der Waals surface area contributed by atoms with Crippen LogP contribution in [0.2, 0.25) is 0 Å². The number of allylic oxidation sites excluding steroid dienone is 2. The topological polar surface area (TPSA) is 66.3 Å². The maximum atomic E-state index is 8.72. The number of fused-ring (bicyclic) bond motifs is 1. The summed E-state index contributed by atoms with van der Waals surface area (Å²) in [5, 5.41) is 12.7. The fraction of sp³-hybridized carbons (Fsp3) is 0.682. The summed E-state index contributed by atoms with van der Waals surface area (Å²) < 4.78 is 11.0. The fourth-order valence-corrected chi connectivity index (χ4v) is 5.31. The van der Waals surface area contributed by atoms with E-state index in [1.54, 1.807) is 0 Å². The largest absolute Gasteiger partial charge is 0.394 e. The molecule has 6 nitrogen and oxygen atoms in total. The zero-order chi connectivity index (χ0) is 19.3. The molecule has 1 saturated heterocycles. The van der Waals surface area contributed by atoms with Gasteiger partial charge in [0, 0.05) is 43.4 Å². The molecule has 4 rings (SSSR count). The van der Waals surface area contributed by atoms with E-state index in [4.69, 9.17) is 14.6 Å². The van der Waals surface area contributed by atoms with Gasteiger partial charge in [-0.15, -0.1) is 24.8 Å². The van der Waals surface area contributed by atoms with Crippen molar-refractivity contribution in [3.8, 4) is 0 Å². The molecule has 0 aromatic rings. The summed E-state index contributed by atoms with van der Waals surface area (Å²) in [6.07, 6.45) is 19.3. The molecule has 4 aliphatic rings. The van der Waals surface area contributed by atoms with Gasteiger partial charge < -0.3 is 19.9 Å². The molecule has 0 spiro atoms. The Morgan fingerprint density at radius 2 is 1.83 bits per heavy atom. The highest BCUT2D eigenvalue weighted by Gasteiger charge is 2.57. The first-order valence-electron chi connectivity index (χ1n) is 10.6. The van der Waals surface area contributed by atoms with Crippen molar-refractivity contribution in [1.82, 2.24) is 10.2 Å². The third-order valence-corrected chi connectivity index (χ3v) is 6.68. The van der Waals surface area contributed by atoms with E-state index >= 15 is 0 Å². The van der Waals surface area contributed by atoms with E-state index in [0.29, 0.717) is 31.9 Å². The molecule has 4 unspecified atom stereocenters. The van der Waals surface area contributed by atoms with Gasteiger partial charge in [-0.2, -0.15) is 0 Å². The predicted molar refractivity (Wildman–Crippen MR) is 125 cm³/mol. The van der Waals surface area contributed by atoms with Crippen molar-refractivity contribution < 1.29 is 14.6 Å². The molecule has 1 aliphatic carbocycles. The second-order valence-electron chi connectivity index (χ2n) is 8.16. The van der Waals surface area contributed by atoms with E-state index in [1.807, 2.05) is 0 Å². The number of hydrogen-bond donors (Lipinski definition) is 2. The molecule has 170 valence electrons. The van der Waals surface area contributed by atoms with Crippen molar-refractivity contribution in [2.24, 2.45) is 10.4 Å². The molecule has 0 saturated carbocycles. The third-order valence-electron chi connectivity index (χ3n) is 6.68. The van der Waals surface area contributed by atoms with Crippen LogP contribution in [0.25, 0.3) is 0 Å². The van der Waals surface area contributed by atoms with E-state index in [9.17, 15) is 0 Å². The van der Waals surface area contributed by atoms with Crippen LogP contribution in [-0.2, 0) is 9.47 Å². The van der Waals surface area contributed by atoms with Crippen LogP contribution < -0.4 is 5.32 Å². The molecule has 0 radical (unpaired) electrons. The zero-order valence-corrected chi connectivity index (χ0v) is 19.1.